The third kappa shape index (κ3) is 3.60. The fraction of sp³-hybridized carbons (Fsp3) is 0.455. The molecule has 2 rings (SSSR count). The molecular weight excluding hydrogens is 345 g/mol. The van der Waals surface area contributed by atoms with Crippen LogP contribution in [0.15, 0.2) is 16.6 Å². The van der Waals surface area contributed by atoms with Gasteiger partial charge in [0.2, 0.25) is 0 Å². The van der Waals surface area contributed by atoms with E-state index in [1.54, 1.807) is 0 Å². The zero-order valence-electron chi connectivity index (χ0n) is 9.01. The molecule has 1 N–H and O–H groups in total. The number of hydrogen-bond acceptors (Lipinski definition) is 2. The Kier molecular flexibility index (Phi) is 4.75. The van der Waals surface area contributed by atoms with Crippen molar-refractivity contribution in [2.75, 3.05) is 16.8 Å². The van der Waals surface area contributed by atoms with Gasteiger partial charge in [0.1, 0.15) is 0 Å². The first-order chi connectivity index (χ1) is 8.06. The first-order valence-corrected chi connectivity index (χ1v) is 8.36. The standard InChI is InChI=1S/C11H12BrCl2NOS/c12-7-5-9(13)11(10(14)6-7)15-8-1-3-17(16)4-2-8/h5-6,8,15H,1-4H2. The first kappa shape index (κ1) is 13.7. The minimum atomic E-state index is -0.647. The Balaban J connectivity index is 2.11. The van der Waals surface area contributed by atoms with Gasteiger partial charge < -0.3 is 5.32 Å². The summed E-state index contributed by atoms with van der Waals surface area (Å²) in [7, 11) is -0.647. The van der Waals surface area contributed by atoms with E-state index < -0.39 is 10.8 Å². The molecule has 2 nitrogen and oxygen atoms in total. The van der Waals surface area contributed by atoms with Crippen LogP contribution in [-0.2, 0) is 10.8 Å². The predicted molar refractivity (Wildman–Crippen MR) is 78.7 cm³/mol. The molecule has 0 radical (unpaired) electrons. The summed E-state index contributed by atoms with van der Waals surface area (Å²) in [5.41, 5.74) is 0.772. The van der Waals surface area contributed by atoms with Crippen molar-refractivity contribution in [3.05, 3.63) is 26.7 Å². The minimum absolute atomic E-state index is 0.309. The molecule has 0 amide bonds. The molecule has 1 aromatic carbocycles. The van der Waals surface area contributed by atoms with Gasteiger partial charge in [0.15, 0.2) is 0 Å². The van der Waals surface area contributed by atoms with Gasteiger partial charge in [-0.25, -0.2) is 0 Å². The molecule has 0 atom stereocenters. The summed E-state index contributed by atoms with van der Waals surface area (Å²) in [6, 6.07) is 3.94. The fourth-order valence-corrected chi connectivity index (χ4v) is 4.44. The highest BCUT2D eigenvalue weighted by atomic mass is 79.9. The van der Waals surface area contributed by atoms with Gasteiger partial charge in [-0.2, -0.15) is 0 Å². The number of benzene rings is 1. The second-order valence-corrected chi connectivity index (χ2v) is 7.44. The zero-order chi connectivity index (χ0) is 12.4. The lowest BCUT2D eigenvalue weighted by Gasteiger charge is -2.24. The summed E-state index contributed by atoms with van der Waals surface area (Å²) in [6.07, 6.45) is 1.80. The second kappa shape index (κ2) is 5.91. The second-order valence-electron chi connectivity index (χ2n) is 4.01. The lowest BCUT2D eigenvalue weighted by atomic mass is 10.1. The summed E-state index contributed by atoms with van der Waals surface area (Å²) in [6.45, 7) is 0. The quantitative estimate of drug-likeness (QED) is 0.864. The van der Waals surface area contributed by atoms with Crippen molar-refractivity contribution >= 4 is 55.6 Å². The van der Waals surface area contributed by atoms with Crippen LogP contribution in [-0.4, -0.2) is 21.8 Å². The highest BCUT2D eigenvalue weighted by Crippen LogP contribution is 2.35. The molecule has 1 fully saturated rings. The van der Waals surface area contributed by atoms with Gasteiger partial charge in [-0.15, -0.1) is 0 Å². The maximum atomic E-state index is 11.3. The molecule has 0 saturated carbocycles. The van der Waals surface area contributed by atoms with E-state index in [0.29, 0.717) is 16.1 Å². The average molecular weight is 357 g/mol. The Bertz CT molecular complexity index is 422. The SMILES string of the molecule is O=S1CCC(Nc2c(Cl)cc(Br)cc2Cl)CC1. The van der Waals surface area contributed by atoms with Crippen LogP contribution in [0.25, 0.3) is 0 Å². The summed E-state index contributed by atoms with van der Waals surface area (Å²) in [4.78, 5) is 0. The van der Waals surface area contributed by atoms with E-state index in [1.165, 1.54) is 0 Å². The van der Waals surface area contributed by atoms with Gasteiger partial charge in [-0.3, -0.25) is 4.21 Å². The van der Waals surface area contributed by atoms with Gasteiger partial charge in [0.25, 0.3) is 0 Å². The van der Waals surface area contributed by atoms with Crippen molar-refractivity contribution in [2.45, 2.75) is 18.9 Å². The molecule has 1 saturated heterocycles. The van der Waals surface area contributed by atoms with Crippen LogP contribution in [0.3, 0.4) is 0 Å². The third-order valence-corrected chi connectivity index (χ3v) is 5.18. The molecule has 94 valence electrons. The third-order valence-electron chi connectivity index (χ3n) is 2.74. The van der Waals surface area contributed by atoms with Crippen LogP contribution < -0.4 is 5.32 Å². The van der Waals surface area contributed by atoms with Crippen LogP contribution in [0, 0.1) is 0 Å². The van der Waals surface area contributed by atoms with E-state index in [2.05, 4.69) is 21.2 Å². The predicted octanol–water partition coefficient (Wildman–Crippen LogP) is 4.08. The Morgan fingerprint density at radius 1 is 1.24 bits per heavy atom. The molecule has 17 heavy (non-hydrogen) atoms. The topological polar surface area (TPSA) is 29.1 Å². The van der Waals surface area contributed by atoms with Crippen LogP contribution in [0.1, 0.15) is 12.8 Å². The Hall–Kier alpha value is 0.230. The van der Waals surface area contributed by atoms with E-state index in [0.717, 1.165) is 34.5 Å². The molecule has 0 bridgehead atoms. The van der Waals surface area contributed by atoms with Crippen molar-refractivity contribution in [1.82, 2.24) is 0 Å². The average Bonchev–Trinajstić information content (AvgIpc) is 2.26. The van der Waals surface area contributed by atoms with Crippen LogP contribution in [0.2, 0.25) is 10.0 Å². The molecule has 1 aliphatic rings. The van der Waals surface area contributed by atoms with Crippen molar-refractivity contribution in [3.63, 3.8) is 0 Å². The maximum Gasteiger partial charge on any atom is 0.0721 e. The number of anilines is 1. The molecule has 6 heteroatoms. The Morgan fingerprint density at radius 2 is 1.76 bits per heavy atom. The number of halogens is 3. The lowest BCUT2D eigenvalue weighted by molar-refractivity contribution is 0.624. The molecule has 0 unspecified atom stereocenters. The maximum absolute atomic E-state index is 11.3. The Labute approximate surface area is 122 Å². The summed E-state index contributed by atoms with van der Waals surface area (Å²) >= 11 is 15.6. The van der Waals surface area contributed by atoms with E-state index >= 15 is 0 Å². The minimum Gasteiger partial charge on any atom is -0.380 e. The van der Waals surface area contributed by atoms with Crippen LogP contribution >= 0.6 is 39.1 Å². The summed E-state index contributed by atoms with van der Waals surface area (Å²) in [5.74, 6) is 1.51. The van der Waals surface area contributed by atoms with E-state index in [-0.39, 0.29) is 0 Å². The monoisotopic (exact) mass is 355 g/mol. The van der Waals surface area contributed by atoms with E-state index in [9.17, 15) is 4.21 Å². The van der Waals surface area contributed by atoms with Crippen molar-refractivity contribution in [1.29, 1.82) is 0 Å². The smallest absolute Gasteiger partial charge is 0.0721 e. The summed E-state index contributed by atoms with van der Waals surface area (Å²) in [5, 5.41) is 4.56. The highest BCUT2D eigenvalue weighted by Gasteiger charge is 2.19. The molecule has 1 aromatic rings. The summed E-state index contributed by atoms with van der Waals surface area (Å²) < 4.78 is 12.1. The van der Waals surface area contributed by atoms with E-state index in [4.69, 9.17) is 23.2 Å². The molecule has 0 aromatic heterocycles. The number of nitrogens with one attached hydrogen (secondary N) is 1. The zero-order valence-corrected chi connectivity index (χ0v) is 12.9. The van der Waals surface area contributed by atoms with Gasteiger partial charge in [0.05, 0.1) is 15.7 Å². The largest absolute Gasteiger partial charge is 0.380 e. The highest BCUT2D eigenvalue weighted by molar-refractivity contribution is 9.10. The first-order valence-electron chi connectivity index (χ1n) is 5.32. The van der Waals surface area contributed by atoms with E-state index in [1.807, 2.05) is 12.1 Å². The van der Waals surface area contributed by atoms with Gasteiger partial charge in [-0.05, 0) is 25.0 Å². The lowest BCUT2D eigenvalue weighted by Crippen LogP contribution is -2.29. The number of rotatable bonds is 2. The Morgan fingerprint density at radius 3 is 2.29 bits per heavy atom. The van der Waals surface area contributed by atoms with Gasteiger partial charge in [-0.1, -0.05) is 39.1 Å². The van der Waals surface area contributed by atoms with Gasteiger partial charge in [0, 0.05) is 32.8 Å². The normalized spacial score (nSPS) is 24.6. The number of hydrogen-bond donors (Lipinski definition) is 1. The molecule has 1 aliphatic heterocycles. The van der Waals surface area contributed by atoms with Crippen molar-refractivity contribution in [2.24, 2.45) is 0 Å². The van der Waals surface area contributed by atoms with Crippen LogP contribution in [0.4, 0.5) is 5.69 Å². The molecule has 1 heterocycles. The van der Waals surface area contributed by atoms with Crippen molar-refractivity contribution in [3.8, 4) is 0 Å². The van der Waals surface area contributed by atoms with Gasteiger partial charge >= 0.3 is 0 Å². The fourth-order valence-electron chi connectivity index (χ4n) is 1.82. The molecule has 0 aliphatic carbocycles. The molecular formula is C11H12BrCl2NOS. The molecule has 0 spiro atoms. The van der Waals surface area contributed by atoms with Crippen LogP contribution in [0.5, 0.6) is 0 Å². The van der Waals surface area contributed by atoms with Crippen molar-refractivity contribution < 1.29 is 4.21 Å².